The zero-order valence-electron chi connectivity index (χ0n) is 18.5. The van der Waals surface area contributed by atoms with Gasteiger partial charge in [-0.3, -0.25) is 5.10 Å². The Morgan fingerprint density at radius 2 is 1.66 bits per heavy atom. The molecule has 0 radical (unpaired) electrons. The maximum absolute atomic E-state index is 9.44. The minimum Gasteiger partial charge on any atom is -0.263 e. The van der Waals surface area contributed by atoms with Crippen LogP contribution in [0.3, 0.4) is 0 Å². The maximum atomic E-state index is 9.44. The molecule has 4 aromatic rings. The number of nitriles is 1. The lowest BCUT2D eigenvalue weighted by molar-refractivity contribution is 0.674. The Kier molecular flexibility index (Phi) is 7.09. The number of unbranched alkanes of at least 4 members (excludes halogenated alkanes) is 1. The third-order valence-electron chi connectivity index (χ3n) is 5.86. The first kappa shape index (κ1) is 21.5. The van der Waals surface area contributed by atoms with Crippen LogP contribution in [-0.4, -0.2) is 15.2 Å². The fourth-order valence-corrected chi connectivity index (χ4v) is 4.05. The van der Waals surface area contributed by atoms with Crippen molar-refractivity contribution >= 4 is 0 Å². The summed E-state index contributed by atoms with van der Waals surface area (Å²) in [5, 5.41) is 17.2. The Hall–Kier alpha value is -3.71. The molecule has 3 aromatic carbocycles. The van der Waals surface area contributed by atoms with E-state index in [2.05, 4.69) is 71.7 Å². The Balaban J connectivity index is 1.61. The first-order chi connectivity index (χ1) is 15.8. The van der Waals surface area contributed by atoms with Crippen LogP contribution in [-0.2, 0) is 12.8 Å². The first-order valence-electron chi connectivity index (χ1n) is 11.3. The number of hydrogen-bond donors (Lipinski definition) is 1. The van der Waals surface area contributed by atoms with Crippen molar-refractivity contribution in [1.82, 2.24) is 15.2 Å². The van der Waals surface area contributed by atoms with Crippen molar-refractivity contribution in [3.05, 3.63) is 107 Å². The summed E-state index contributed by atoms with van der Waals surface area (Å²) in [6.07, 6.45) is 5.07. The summed E-state index contributed by atoms with van der Waals surface area (Å²) in [6.45, 7) is 2.19. The highest BCUT2D eigenvalue weighted by molar-refractivity contribution is 5.70. The molecule has 0 aliphatic rings. The third-order valence-corrected chi connectivity index (χ3v) is 5.86. The van der Waals surface area contributed by atoms with Gasteiger partial charge in [0, 0.05) is 12.3 Å². The Morgan fingerprint density at radius 1 is 0.906 bits per heavy atom. The number of aromatic nitrogens is 3. The maximum Gasteiger partial charge on any atom is 0.158 e. The summed E-state index contributed by atoms with van der Waals surface area (Å²) in [5.41, 5.74) is 5.21. The second-order valence-electron chi connectivity index (χ2n) is 8.10. The average Bonchev–Trinajstić information content (AvgIpc) is 3.32. The van der Waals surface area contributed by atoms with E-state index in [9.17, 15) is 5.26 Å². The van der Waals surface area contributed by atoms with Crippen molar-refractivity contribution < 1.29 is 0 Å². The van der Waals surface area contributed by atoms with E-state index in [0.717, 1.165) is 54.9 Å². The minimum absolute atomic E-state index is 0.113. The molecule has 32 heavy (non-hydrogen) atoms. The van der Waals surface area contributed by atoms with E-state index in [0.29, 0.717) is 5.56 Å². The van der Waals surface area contributed by atoms with E-state index in [-0.39, 0.29) is 5.92 Å². The van der Waals surface area contributed by atoms with Crippen LogP contribution in [0.4, 0.5) is 0 Å². The molecule has 0 amide bonds. The molecule has 1 atom stereocenters. The molecule has 1 N–H and O–H groups in total. The average molecular weight is 421 g/mol. The first-order valence-corrected chi connectivity index (χ1v) is 11.3. The van der Waals surface area contributed by atoms with Crippen molar-refractivity contribution in [2.75, 3.05) is 0 Å². The van der Waals surface area contributed by atoms with Crippen molar-refractivity contribution in [2.45, 2.75) is 44.9 Å². The second kappa shape index (κ2) is 10.5. The zero-order valence-corrected chi connectivity index (χ0v) is 18.5. The predicted octanol–water partition coefficient (Wildman–Crippen LogP) is 6.45. The van der Waals surface area contributed by atoms with Crippen LogP contribution in [0.5, 0.6) is 0 Å². The van der Waals surface area contributed by atoms with Gasteiger partial charge in [0.2, 0.25) is 0 Å². The molecular weight excluding hydrogens is 392 g/mol. The van der Waals surface area contributed by atoms with E-state index in [1.54, 1.807) is 0 Å². The number of aromatic amines is 1. The Morgan fingerprint density at radius 3 is 2.41 bits per heavy atom. The molecule has 4 nitrogen and oxygen atoms in total. The lowest BCUT2D eigenvalue weighted by Crippen LogP contribution is -2.06. The topological polar surface area (TPSA) is 65.4 Å². The van der Waals surface area contributed by atoms with E-state index >= 15 is 0 Å². The summed E-state index contributed by atoms with van der Waals surface area (Å²) < 4.78 is 0. The van der Waals surface area contributed by atoms with Gasteiger partial charge in [-0.2, -0.15) is 10.4 Å². The van der Waals surface area contributed by atoms with Gasteiger partial charge in [0.1, 0.15) is 5.82 Å². The van der Waals surface area contributed by atoms with Gasteiger partial charge in [-0.1, -0.05) is 86.1 Å². The third kappa shape index (κ3) is 5.12. The minimum atomic E-state index is 0.113. The van der Waals surface area contributed by atoms with Crippen LogP contribution >= 0.6 is 0 Å². The number of nitrogens with zero attached hydrogens (tertiary/aromatic N) is 3. The van der Waals surface area contributed by atoms with Crippen molar-refractivity contribution in [1.29, 1.82) is 5.26 Å². The molecule has 0 aliphatic heterocycles. The van der Waals surface area contributed by atoms with Crippen LogP contribution in [0, 0.1) is 11.3 Å². The van der Waals surface area contributed by atoms with Gasteiger partial charge in [0.25, 0.3) is 0 Å². The van der Waals surface area contributed by atoms with Gasteiger partial charge in [-0.05, 0) is 47.6 Å². The summed E-state index contributed by atoms with van der Waals surface area (Å²) in [6, 6.07) is 29.1. The Bertz CT molecular complexity index is 1170. The molecule has 0 spiro atoms. The molecule has 4 heteroatoms. The second-order valence-corrected chi connectivity index (χ2v) is 8.10. The largest absolute Gasteiger partial charge is 0.263 e. The van der Waals surface area contributed by atoms with E-state index < -0.39 is 0 Å². The van der Waals surface area contributed by atoms with Crippen molar-refractivity contribution in [3.8, 4) is 17.2 Å². The highest BCUT2D eigenvalue weighted by Crippen LogP contribution is 2.30. The van der Waals surface area contributed by atoms with Crippen LogP contribution in [0.2, 0.25) is 0 Å². The number of H-pyrrole nitrogens is 1. The molecule has 0 saturated heterocycles. The smallest absolute Gasteiger partial charge is 0.158 e. The zero-order chi connectivity index (χ0) is 22.2. The summed E-state index contributed by atoms with van der Waals surface area (Å²) in [7, 11) is 0. The lowest BCUT2D eigenvalue weighted by atomic mass is 9.90. The number of rotatable bonds is 9. The van der Waals surface area contributed by atoms with Gasteiger partial charge in [-0.15, -0.1) is 0 Å². The molecule has 1 heterocycles. The quantitative estimate of drug-likeness (QED) is 0.338. The van der Waals surface area contributed by atoms with E-state index in [4.69, 9.17) is 4.98 Å². The van der Waals surface area contributed by atoms with Crippen LogP contribution < -0.4 is 0 Å². The molecule has 1 unspecified atom stereocenters. The standard InChI is InChI=1S/C28H28N4/c1-2-3-13-27-30-28(32-31-27)26(19-14-21-9-5-4-6-10-21)23-17-15-22(16-18-23)25-12-8-7-11-24(25)20-29/h4-12,15-18,26H,2-3,13-14,19H2,1H3,(H,30,31,32). The highest BCUT2D eigenvalue weighted by atomic mass is 15.2. The molecule has 0 bridgehead atoms. The van der Waals surface area contributed by atoms with Gasteiger partial charge in [0.15, 0.2) is 5.82 Å². The van der Waals surface area contributed by atoms with Gasteiger partial charge >= 0.3 is 0 Å². The number of aryl methyl sites for hydroxylation is 2. The normalized spacial score (nSPS) is 11.8. The molecule has 160 valence electrons. The molecule has 4 rings (SSSR count). The Labute approximate surface area is 190 Å². The monoisotopic (exact) mass is 420 g/mol. The molecular formula is C28H28N4. The molecule has 0 saturated carbocycles. The number of hydrogen-bond acceptors (Lipinski definition) is 3. The number of benzene rings is 3. The highest BCUT2D eigenvalue weighted by Gasteiger charge is 2.20. The van der Waals surface area contributed by atoms with Crippen LogP contribution in [0.25, 0.3) is 11.1 Å². The molecule has 1 aromatic heterocycles. The fourth-order valence-electron chi connectivity index (χ4n) is 4.05. The van der Waals surface area contributed by atoms with Crippen molar-refractivity contribution in [3.63, 3.8) is 0 Å². The number of nitrogens with one attached hydrogen (secondary N) is 1. The van der Waals surface area contributed by atoms with Crippen LogP contribution in [0.15, 0.2) is 78.9 Å². The summed E-state index contributed by atoms with van der Waals surface area (Å²) in [4.78, 5) is 4.84. The molecule has 0 aliphatic carbocycles. The lowest BCUT2D eigenvalue weighted by Gasteiger charge is -2.15. The van der Waals surface area contributed by atoms with E-state index in [1.807, 2.05) is 30.3 Å². The summed E-state index contributed by atoms with van der Waals surface area (Å²) >= 11 is 0. The van der Waals surface area contributed by atoms with Gasteiger partial charge < -0.3 is 0 Å². The fraction of sp³-hybridized carbons (Fsp3) is 0.250. The van der Waals surface area contributed by atoms with Crippen molar-refractivity contribution in [2.24, 2.45) is 0 Å². The van der Waals surface area contributed by atoms with Crippen LogP contribution in [0.1, 0.15) is 60.4 Å². The van der Waals surface area contributed by atoms with Gasteiger partial charge in [-0.25, -0.2) is 4.98 Å². The SMILES string of the molecule is CCCCc1nc(C(CCc2ccccc2)c2ccc(-c3ccccc3C#N)cc2)n[nH]1. The predicted molar refractivity (Wildman–Crippen MR) is 128 cm³/mol. The van der Waals surface area contributed by atoms with Gasteiger partial charge in [0.05, 0.1) is 11.6 Å². The summed E-state index contributed by atoms with van der Waals surface area (Å²) in [5.74, 6) is 1.94. The molecule has 0 fully saturated rings. The van der Waals surface area contributed by atoms with E-state index in [1.165, 1.54) is 11.1 Å².